The molecule has 0 amide bonds. The Kier molecular flexibility index (Phi) is 6.88. The minimum Gasteiger partial charge on any atom is -0.497 e. The average Bonchev–Trinajstić information content (AvgIpc) is 2.60. The Morgan fingerprint density at radius 3 is 2.13 bits per heavy atom. The molecule has 5 nitrogen and oxygen atoms in total. The summed E-state index contributed by atoms with van der Waals surface area (Å²) in [5.74, 6) is 1.68. The van der Waals surface area contributed by atoms with Crippen molar-refractivity contribution in [3.63, 3.8) is 0 Å². The van der Waals surface area contributed by atoms with E-state index in [1.807, 2.05) is 24.3 Å². The molecule has 1 rings (SSSR count). The predicted molar refractivity (Wildman–Crippen MR) is 86.6 cm³/mol. The number of carbonyl (C=O) groups is 2. The van der Waals surface area contributed by atoms with Gasteiger partial charge in [0.15, 0.2) is 5.41 Å². The first-order valence-electron chi connectivity index (χ1n) is 6.95. The van der Waals surface area contributed by atoms with Crippen LogP contribution in [0.3, 0.4) is 0 Å². The highest BCUT2D eigenvalue weighted by Crippen LogP contribution is 2.31. The summed E-state index contributed by atoms with van der Waals surface area (Å²) >= 11 is 0. The Labute approximate surface area is 136 Å². The molecule has 0 unspecified atom stereocenters. The van der Waals surface area contributed by atoms with Crippen molar-refractivity contribution in [2.24, 2.45) is 5.41 Å². The first-order chi connectivity index (χ1) is 11.0. The molecule has 0 aliphatic carbocycles. The van der Waals surface area contributed by atoms with Gasteiger partial charge >= 0.3 is 11.9 Å². The van der Waals surface area contributed by atoms with Crippen molar-refractivity contribution in [1.82, 2.24) is 0 Å². The van der Waals surface area contributed by atoms with Gasteiger partial charge in [-0.05, 0) is 24.1 Å². The van der Waals surface area contributed by atoms with Crippen molar-refractivity contribution in [1.29, 1.82) is 0 Å². The Morgan fingerprint density at radius 1 is 1.13 bits per heavy atom. The van der Waals surface area contributed by atoms with Crippen LogP contribution in [-0.4, -0.2) is 33.3 Å². The zero-order chi connectivity index (χ0) is 17.3. The lowest BCUT2D eigenvalue weighted by molar-refractivity contribution is -0.168. The van der Waals surface area contributed by atoms with Crippen molar-refractivity contribution < 1.29 is 23.8 Å². The van der Waals surface area contributed by atoms with Gasteiger partial charge in [-0.2, -0.15) is 0 Å². The second kappa shape index (κ2) is 8.64. The lowest BCUT2D eigenvalue weighted by Crippen LogP contribution is -2.40. The highest BCUT2D eigenvalue weighted by Gasteiger charge is 2.46. The molecule has 1 aromatic rings. The van der Waals surface area contributed by atoms with Gasteiger partial charge in [-0.15, -0.1) is 12.3 Å². The predicted octanol–water partition coefficient (Wildman–Crippen LogP) is 2.45. The quantitative estimate of drug-likeness (QED) is 0.439. The van der Waals surface area contributed by atoms with E-state index in [-0.39, 0.29) is 12.8 Å². The van der Waals surface area contributed by atoms with Crippen molar-refractivity contribution in [2.75, 3.05) is 21.3 Å². The Hall–Kier alpha value is -2.74. The van der Waals surface area contributed by atoms with Crippen molar-refractivity contribution in [2.45, 2.75) is 12.8 Å². The normalized spacial score (nSPS) is 10.9. The second-order valence-corrected chi connectivity index (χ2v) is 4.83. The maximum absolute atomic E-state index is 12.1. The maximum Gasteiger partial charge on any atom is 0.324 e. The smallest absolute Gasteiger partial charge is 0.324 e. The molecule has 0 heterocycles. The number of benzene rings is 1. The summed E-state index contributed by atoms with van der Waals surface area (Å²) in [5.41, 5.74) is -0.628. The van der Waals surface area contributed by atoms with Gasteiger partial charge in [-0.25, -0.2) is 0 Å². The highest BCUT2D eigenvalue weighted by atomic mass is 16.5. The third kappa shape index (κ3) is 4.36. The maximum atomic E-state index is 12.1. The molecule has 0 bridgehead atoms. The fourth-order valence-corrected chi connectivity index (χ4v) is 2.14. The lowest BCUT2D eigenvalue weighted by Gasteiger charge is -2.24. The average molecular weight is 316 g/mol. The molecule has 0 aromatic heterocycles. The number of methoxy groups -OCH3 is 3. The van der Waals surface area contributed by atoms with Crippen molar-refractivity contribution in [3.05, 3.63) is 35.9 Å². The molecule has 0 aliphatic rings. The first-order valence-corrected chi connectivity index (χ1v) is 6.95. The molecule has 5 heteroatoms. The topological polar surface area (TPSA) is 61.8 Å². The molecule has 0 radical (unpaired) electrons. The zero-order valence-electron chi connectivity index (χ0n) is 13.5. The third-order valence-corrected chi connectivity index (χ3v) is 3.45. The Balaban J connectivity index is 3.00. The van der Waals surface area contributed by atoms with Gasteiger partial charge in [0.05, 0.1) is 21.3 Å². The third-order valence-electron chi connectivity index (χ3n) is 3.45. The molecule has 0 N–H and O–H groups in total. The molecule has 0 fully saturated rings. The van der Waals surface area contributed by atoms with Gasteiger partial charge in [0, 0.05) is 6.42 Å². The molecule has 23 heavy (non-hydrogen) atoms. The number of rotatable bonds is 7. The van der Waals surface area contributed by atoms with Crippen LogP contribution in [0.25, 0.3) is 6.08 Å². The summed E-state index contributed by atoms with van der Waals surface area (Å²) in [5, 5.41) is 0. The van der Waals surface area contributed by atoms with Gasteiger partial charge in [0.2, 0.25) is 0 Å². The molecule has 1 aromatic carbocycles. The van der Waals surface area contributed by atoms with E-state index < -0.39 is 17.4 Å². The van der Waals surface area contributed by atoms with Gasteiger partial charge in [0.1, 0.15) is 5.75 Å². The fraction of sp³-hybridized carbons (Fsp3) is 0.333. The first kappa shape index (κ1) is 18.3. The summed E-state index contributed by atoms with van der Waals surface area (Å²) in [6.07, 6.45) is 8.79. The van der Waals surface area contributed by atoms with Crippen LogP contribution < -0.4 is 4.74 Å². The zero-order valence-corrected chi connectivity index (χ0v) is 13.5. The van der Waals surface area contributed by atoms with Crippen LogP contribution in [-0.2, 0) is 19.1 Å². The van der Waals surface area contributed by atoms with E-state index in [0.717, 1.165) is 11.3 Å². The molecule has 0 spiro atoms. The SMILES string of the molecule is C#CCC(C/C=C\c1ccc(OC)cc1)(C(=O)OC)C(=O)OC. The van der Waals surface area contributed by atoms with E-state index in [2.05, 4.69) is 5.92 Å². The summed E-state index contributed by atoms with van der Waals surface area (Å²) in [6, 6.07) is 7.34. The van der Waals surface area contributed by atoms with E-state index in [9.17, 15) is 9.59 Å². The van der Waals surface area contributed by atoms with E-state index >= 15 is 0 Å². The fourth-order valence-electron chi connectivity index (χ4n) is 2.14. The molecular weight excluding hydrogens is 296 g/mol. The van der Waals surface area contributed by atoms with Gasteiger partial charge < -0.3 is 14.2 Å². The van der Waals surface area contributed by atoms with E-state index in [0.29, 0.717) is 0 Å². The van der Waals surface area contributed by atoms with Crippen molar-refractivity contribution in [3.8, 4) is 18.1 Å². The highest BCUT2D eigenvalue weighted by molar-refractivity contribution is 6.00. The minimum atomic E-state index is -1.53. The standard InChI is InChI=1S/C18H20O5/c1-5-12-18(16(19)22-3,17(20)23-4)13-6-7-14-8-10-15(21-2)11-9-14/h1,6-11H,12-13H2,2-4H3/b7-6-. The molecule has 0 aliphatic heterocycles. The van der Waals surface area contributed by atoms with E-state index in [1.54, 1.807) is 19.3 Å². The van der Waals surface area contributed by atoms with Crippen molar-refractivity contribution >= 4 is 18.0 Å². The Morgan fingerprint density at radius 2 is 1.70 bits per heavy atom. The van der Waals surface area contributed by atoms with Crippen LogP contribution in [0.1, 0.15) is 18.4 Å². The van der Waals surface area contributed by atoms with Crippen LogP contribution in [0.4, 0.5) is 0 Å². The monoisotopic (exact) mass is 316 g/mol. The Bertz CT molecular complexity index is 591. The van der Waals surface area contributed by atoms with Crippen LogP contribution in [0.15, 0.2) is 30.3 Å². The summed E-state index contributed by atoms with van der Waals surface area (Å²) in [4.78, 5) is 24.2. The van der Waals surface area contributed by atoms with Gasteiger partial charge in [-0.3, -0.25) is 9.59 Å². The van der Waals surface area contributed by atoms with Crippen LogP contribution >= 0.6 is 0 Å². The number of terminal acetylenes is 1. The molecule has 0 atom stereocenters. The van der Waals surface area contributed by atoms with E-state index in [1.165, 1.54) is 14.2 Å². The van der Waals surface area contributed by atoms with E-state index in [4.69, 9.17) is 20.6 Å². The minimum absolute atomic E-state index is 0.0859. The number of allylic oxidation sites excluding steroid dienone is 1. The van der Waals surface area contributed by atoms with Crippen LogP contribution in [0, 0.1) is 17.8 Å². The number of carbonyl (C=O) groups excluding carboxylic acids is 2. The van der Waals surface area contributed by atoms with Crippen LogP contribution in [0.5, 0.6) is 5.75 Å². The molecular formula is C18H20O5. The molecule has 0 saturated carbocycles. The number of esters is 2. The van der Waals surface area contributed by atoms with Gasteiger partial charge in [0.25, 0.3) is 0 Å². The lowest BCUT2D eigenvalue weighted by atomic mass is 9.81. The number of hydrogen-bond donors (Lipinski definition) is 0. The summed E-state index contributed by atoms with van der Waals surface area (Å²) in [7, 11) is 4.01. The molecule has 0 saturated heterocycles. The number of hydrogen-bond acceptors (Lipinski definition) is 5. The van der Waals surface area contributed by atoms with Gasteiger partial charge in [-0.1, -0.05) is 24.3 Å². The largest absolute Gasteiger partial charge is 0.497 e. The summed E-state index contributed by atoms with van der Waals surface area (Å²) < 4.78 is 14.6. The molecule has 122 valence electrons. The second-order valence-electron chi connectivity index (χ2n) is 4.83. The van der Waals surface area contributed by atoms with Crippen LogP contribution in [0.2, 0.25) is 0 Å². The summed E-state index contributed by atoms with van der Waals surface area (Å²) in [6.45, 7) is 0. The number of ether oxygens (including phenoxy) is 3.